The highest BCUT2D eigenvalue weighted by atomic mass is 16.6. The van der Waals surface area contributed by atoms with Crippen LogP contribution >= 0.6 is 0 Å². The summed E-state index contributed by atoms with van der Waals surface area (Å²) in [6.45, 7) is 5.31. The number of allylic oxidation sites excluding steroid dienone is 4. The zero-order valence-electron chi connectivity index (χ0n) is 13.7. The van der Waals surface area contributed by atoms with Crippen molar-refractivity contribution in [2.24, 2.45) is 22.7 Å². The van der Waals surface area contributed by atoms with Crippen LogP contribution in [-0.4, -0.2) is 47.1 Å². The van der Waals surface area contributed by atoms with Crippen molar-refractivity contribution in [3.63, 3.8) is 0 Å². The van der Waals surface area contributed by atoms with Crippen molar-refractivity contribution in [1.82, 2.24) is 0 Å². The molecule has 1 spiro atoms. The standard InChI is InChI=1S/C18H18O6/c1-7-4-9(19)16(2)8(7)5-10(20)18-6-23-17(3)13(18)15(22)24-14(17)11(21)12(16)18/h4-5,11-14,21H,6H2,1-3H3/t11-,12+,13-,14-,16+,17-,18+/m1/s1. The van der Waals surface area contributed by atoms with Crippen LogP contribution in [0.5, 0.6) is 0 Å². The topological polar surface area (TPSA) is 89.9 Å². The van der Waals surface area contributed by atoms with Gasteiger partial charge in [0.25, 0.3) is 0 Å². The molecule has 1 saturated carbocycles. The van der Waals surface area contributed by atoms with E-state index < -0.39 is 46.4 Å². The van der Waals surface area contributed by atoms with Gasteiger partial charge in [-0.2, -0.15) is 0 Å². The smallest absolute Gasteiger partial charge is 0.313 e. The first-order valence-corrected chi connectivity index (χ1v) is 8.21. The van der Waals surface area contributed by atoms with Gasteiger partial charge in [0.05, 0.1) is 23.5 Å². The van der Waals surface area contributed by atoms with Crippen LogP contribution in [0.2, 0.25) is 0 Å². The molecule has 5 rings (SSSR count). The molecule has 4 bridgehead atoms. The van der Waals surface area contributed by atoms with E-state index in [0.717, 1.165) is 5.57 Å². The van der Waals surface area contributed by atoms with E-state index >= 15 is 0 Å². The quantitative estimate of drug-likeness (QED) is 0.644. The van der Waals surface area contributed by atoms with Crippen LogP contribution in [0.4, 0.5) is 0 Å². The highest BCUT2D eigenvalue weighted by molar-refractivity contribution is 6.11. The Morgan fingerprint density at radius 1 is 1.17 bits per heavy atom. The molecule has 3 fully saturated rings. The summed E-state index contributed by atoms with van der Waals surface area (Å²) in [5.74, 6) is -2.39. The zero-order valence-corrected chi connectivity index (χ0v) is 13.7. The third-order valence-corrected chi connectivity index (χ3v) is 7.16. The molecule has 6 nitrogen and oxygen atoms in total. The molecule has 0 aromatic carbocycles. The van der Waals surface area contributed by atoms with Gasteiger partial charge in [0.15, 0.2) is 17.7 Å². The number of ether oxygens (including phenoxy) is 2. The van der Waals surface area contributed by atoms with Crippen LogP contribution in [0, 0.1) is 22.7 Å². The Bertz CT molecular complexity index is 808. The molecule has 2 heterocycles. The van der Waals surface area contributed by atoms with Gasteiger partial charge in [-0.05, 0) is 44.1 Å². The van der Waals surface area contributed by atoms with Crippen LogP contribution in [-0.2, 0) is 23.9 Å². The molecule has 0 radical (unpaired) electrons. The van der Waals surface area contributed by atoms with Crippen molar-refractivity contribution >= 4 is 17.5 Å². The molecule has 3 aliphatic carbocycles. The Morgan fingerprint density at radius 3 is 2.58 bits per heavy atom. The van der Waals surface area contributed by atoms with Crippen molar-refractivity contribution < 1.29 is 29.0 Å². The number of rotatable bonds is 0. The van der Waals surface area contributed by atoms with Crippen molar-refractivity contribution in [2.75, 3.05) is 6.61 Å². The Morgan fingerprint density at radius 2 is 1.88 bits per heavy atom. The summed E-state index contributed by atoms with van der Waals surface area (Å²) in [7, 11) is 0. The molecule has 2 aliphatic heterocycles. The van der Waals surface area contributed by atoms with Crippen LogP contribution in [0.1, 0.15) is 20.8 Å². The molecule has 24 heavy (non-hydrogen) atoms. The van der Waals surface area contributed by atoms with Gasteiger partial charge in [-0.25, -0.2) is 0 Å². The second-order valence-corrected chi connectivity index (χ2v) is 8.09. The number of esters is 1. The van der Waals surface area contributed by atoms with Crippen molar-refractivity contribution in [2.45, 2.75) is 38.6 Å². The molecule has 2 saturated heterocycles. The summed E-state index contributed by atoms with van der Waals surface area (Å²) < 4.78 is 11.3. The van der Waals surface area contributed by atoms with Gasteiger partial charge < -0.3 is 14.6 Å². The van der Waals surface area contributed by atoms with Gasteiger partial charge >= 0.3 is 5.97 Å². The molecule has 126 valence electrons. The lowest BCUT2D eigenvalue weighted by atomic mass is 9.45. The second-order valence-electron chi connectivity index (χ2n) is 8.09. The van der Waals surface area contributed by atoms with Gasteiger partial charge in [-0.15, -0.1) is 0 Å². The van der Waals surface area contributed by atoms with Crippen LogP contribution < -0.4 is 0 Å². The lowest BCUT2D eigenvalue weighted by Gasteiger charge is -2.53. The van der Waals surface area contributed by atoms with E-state index in [1.54, 1.807) is 20.8 Å². The van der Waals surface area contributed by atoms with Gasteiger partial charge in [-0.3, -0.25) is 14.4 Å². The fourth-order valence-electron chi connectivity index (χ4n) is 6.15. The average Bonchev–Trinajstić information content (AvgIpc) is 2.97. The summed E-state index contributed by atoms with van der Waals surface area (Å²) in [4.78, 5) is 38.5. The maximum atomic E-state index is 13.2. The number of ketones is 2. The normalized spacial score (nSPS) is 54.2. The monoisotopic (exact) mass is 330 g/mol. The van der Waals surface area contributed by atoms with Crippen LogP contribution in [0.3, 0.4) is 0 Å². The van der Waals surface area contributed by atoms with E-state index in [-0.39, 0.29) is 18.2 Å². The van der Waals surface area contributed by atoms with E-state index in [2.05, 4.69) is 0 Å². The Labute approximate surface area is 138 Å². The molecule has 0 unspecified atom stereocenters. The van der Waals surface area contributed by atoms with Gasteiger partial charge in [-0.1, -0.05) is 0 Å². The molecule has 1 N–H and O–H groups in total. The van der Waals surface area contributed by atoms with E-state index in [9.17, 15) is 19.5 Å². The Hall–Kier alpha value is -1.79. The number of fused-ring (bicyclic) bond motifs is 2. The summed E-state index contributed by atoms with van der Waals surface area (Å²) in [5, 5.41) is 11.1. The van der Waals surface area contributed by atoms with E-state index in [1.165, 1.54) is 12.2 Å². The maximum absolute atomic E-state index is 13.2. The van der Waals surface area contributed by atoms with Crippen LogP contribution in [0.25, 0.3) is 0 Å². The third-order valence-electron chi connectivity index (χ3n) is 7.16. The average molecular weight is 330 g/mol. The first kappa shape index (κ1) is 14.5. The molecular formula is C18H18O6. The van der Waals surface area contributed by atoms with Gasteiger partial charge in [0.1, 0.15) is 11.5 Å². The molecule has 0 aromatic rings. The molecule has 7 atom stereocenters. The number of carbonyl (C=O) groups is 3. The minimum Gasteiger partial charge on any atom is -0.456 e. The minimum absolute atomic E-state index is 0.0338. The maximum Gasteiger partial charge on any atom is 0.313 e. The number of hydrogen-bond acceptors (Lipinski definition) is 6. The number of aliphatic hydroxyl groups excluding tert-OH is 1. The van der Waals surface area contributed by atoms with Gasteiger partial charge in [0, 0.05) is 5.92 Å². The second kappa shape index (κ2) is 3.73. The van der Waals surface area contributed by atoms with Crippen molar-refractivity contribution in [1.29, 1.82) is 0 Å². The molecular weight excluding hydrogens is 312 g/mol. The lowest BCUT2D eigenvalue weighted by molar-refractivity contribution is -0.165. The third kappa shape index (κ3) is 1.13. The van der Waals surface area contributed by atoms with E-state index in [4.69, 9.17) is 9.47 Å². The van der Waals surface area contributed by atoms with Crippen molar-refractivity contribution in [3.8, 4) is 0 Å². The molecule has 5 aliphatic rings. The predicted octanol–water partition coefficient (Wildman–Crippen LogP) is 0.338. The SMILES string of the molecule is CC1=CC(=O)[C@]2(C)C1=CC(=O)[C@]13CO[C@@]4(C)[C@H](OC(=O)[C@H]41)[C@H](O)[C@@H]23. The van der Waals surface area contributed by atoms with Crippen LogP contribution in [0.15, 0.2) is 23.3 Å². The largest absolute Gasteiger partial charge is 0.456 e. The fourth-order valence-corrected chi connectivity index (χ4v) is 6.15. The van der Waals surface area contributed by atoms with Gasteiger partial charge in [0.2, 0.25) is 0 Å². The highest BCUT2D eigenvalue weighted by Gasteiger charge is 2.82. The highest BCUT2D eigenvalue weighted by Crippen LogP contribution is 2.69. The Kier molecular flexibility index (Phi) is 2.26. The number of aliphatic hydroxyl groups is 1. The summed E-state index contributed by atoms with van der Waals surface area (Å²) in [6.07, 6.45) is 1.04. The molecule has 0 amide bonds. The number of hydrogen-bond donors (Lipinski definition) is 1. The first-order chi connectivity index (χ1) is 11.2. The molecule has 0 aromatic heterocycles. The first-order valence-electron chi connectivity index (χ1n) is 8.21. The fraction of sp³-hybridized carbons (Fsp3) is 0.611. The summed E-state index contributed by atoms with van der Waals surface area (Å²) in [5.41, 5.74) is -1.89. The summed E-state index contributed by atoms with van der Waals surface area (Å²) in [6, 6.07) is 0. The summed E-state index contributed by atoms with van der Waals surface area (Å²) >= 11 is 0. The zero-order chi connectivity index (χ0) is 17.2. The van der Waals surface area contributed by atoms with E-state index in [0.29, 0.717) is 5.57 Å². The van der Waals surface area contributed by atoms with E-state index in [1.807, 2.05) is 0 Å². The molecule has 6 heteroatoms. The lowest BCUT2D eigenvalue weighted by Crippen LogP contribution is -2.67. The minimum atomic E-state index is -1.23. The predicted molar refractivity (Wildman–Crippen MR) is 79.6 cm³/mol. The number of carbonyl (C=O) groups excluding carboxylic acids is 3. The Balaban J connectivity index is 1.84. The van der Waals surface area contributed by atoms with Crippen molar-refractivity contribution in [3.05, 3.63) is 23.3 Å².